The number of amides is 2. The summed E-state index contributed by atoms with van der Waals surface area (Å²) in [4.78, 5) is 60.8. The molecule has 0 fully saturated rings. The lowest BCUT2D eigenvalue weighted by Gasteiger charge is -2.19. The van der Waals surface area contributed by atoms with E-state index in [4.69, 9.17) is 14.2 Å². The molecular formula is C22H27NO8. The van der Waals surface area contributed by atoms with Crippen LogP contribution in [0.15, 0.2) is 24.3 Å². The molecule has 2 rings (SSSR count). The molecule has 2 amide bonds. The van der Waals surface area contributed by atoms with Crippen LogP contribution < -0.4 is 0 Å². The molecule has 0 aromatic heterocycles. The summed E-state index contributed by atoms with van der Waals surface area (Å²) in [6.07, 6.45) is 0.482. The topological polar surface area (TPSA) is 116 Å². The molecule has 1 atom stereocenters. The van der Waals surface area contributed by atoms with E-state index < -0.39 is 24.2 Å². The predicted octanol–water partition coefficient (Wildman–Crippen LogP) is 2.62. The molecule has 0 bridgehead atoms. The van der Waals surface area contributed by atoms with Gasteiger partial charge in [-0.3, -0.25) is 28.9 Å². The van der Waals surface area contributed by atoms with E-state index in [9.17, 15) is 24.0 Å². The average molecular weight is 433 g/mol. The van der Waals surface area contributed by atoms with Gasteiger partial charge in [-0.05, 0) is 25.0 Å². The number of rotatable bonds is 12. The maximum absolute atomic E-state index is 12.4. The van der Waals surface area contributed by atoms with Crippen LogP contribution in [-0.2, 0) is 28.6 Å². The van der Waals surface area contributed by atoms with E-state index in [0.29, 0.717) is 17.7 Å². The first-order chi connectivity index (χ1) is 14.8. The second kappa shape index (κ2) is 11.8. The second-order valence-corrected chi connectivity index (χ2v) is 7.05. The molecule has 31 heavy (non-hydrogen) atoms. The number of hydrogen-bond acceptors (Lipinski definition) is 8. The van der Waals surface area contributed by atoms with Gasteiger partial charge in [0.1, 0.15) is 0 Å². The summed E-state index contributed by atoms with van der Waals surface area (Å²) in [5.41, 5.74) is 0.697. The maximum Gasteiger partial charge on any atom is 0.309 e. The van der Waals surface area contributed by atoms with Crippen molar-refractivity contribution in [2.75, 3.05) is 13.2 Å². The zero-order valence-corrected chi connectivity index (χ0v) is 17.8. The van der Waals surface area contributed by atoms with E-state index in [1.807, 2.05) is 6.92 Å². The molecule has 1 heterocycles. The third-order valence-electron chi connectivity index (χ3n) is 4.55. The van der Waals surface area contributed by atoms with Gasteiger partial charge in [-0.15, -0.1) is 0 Å². The minimum absolute atomic E-state index is 0.0887. The third-order valence-corrected chi connectivity index (χ3v) is 4.55. The Labute approximate surface area is 180 Å². The highest BCUT2D eigenvalue weighted by Crippen LogP contribution is 2.23. The molecule has 1 aromatic carbocycles. The highest BCUT2D eigenvalue weighted by atomic mass is 16.7. The molecule has 168 valence electrons. The van der Waals surface area contributed by atoms with E-state index in [0.717, 1.165) is 17.7 Å². The van der Waals surface area contributed by atoms with Crippen molar-refractivity contribution in [2.45, 2.75) is 58.7 Å². The molecular weight excluding hydrogens is 406 g/mol. The highest BCUT2D eigenvalue weighted by molar-refractivity contribution is 6.21. The number of benzene rings is 1. The van der Waals surface area contributed by atoms with Crippen LogP contribution in [0.25, 0.3) is 0 Å². The number of ether oxygens (including phenoxy) is 3. The SMILES string of the molecule is CCCCOC(=O)CCC(=O)OC(CCCN1C(=O)c2ccccc2C1=O)OC(C)=O. The maximum atomic E-state index is 12.4. The number of carbonyl (C=O) groups is 5. The molecule has 0 saturated carbocycles. The lowest BCUT2D eigenvalue weighted by Crippen LogP contribution is -2.32. The van der Waals surface area contributed by atoms with Gasteiger partial charge < -0.3 is 14.2 Å². The summed E-state index contributed by atoms with van der Waals surface area (Å²) in [5, 5.41) is 0. The molecule has 1 aromatic rings. The first-order valence-electron chi connectivity index (χ1n) is 10.3. The predicted molar refractivity (Wildman–Crippen MR) is 108 cm³/mol. The van der Waals surface area contributed by atoms with E-state index in [1.54, 1.807) is 24.3 Å². The van der Waals surface area contributed by atoms with E-state index in [2.05, 4.69) is 0 Å². The van der Waals surface area contributed by atoms with Crippen LogP contribution in [0.2, 0.25) is 0 Å². The smallest absolute Gasteiger partial charge is 0.309 e. The van der Waals surface area contributed by atoms with Gasteiger partial charge in [0.25, 0.3) is 11.8 Å². The molecule has 0 radical (unpaired) electrons. The van der Waals surface area contributed by atoms with Crippen molar-refractivity contribution in [3.63, 3.8) is 0 Å². The summed E-state index contributed by atoms with van der Waals surface area (Å²) < 4.78 is 15.1. The van der Waals surface area contributed by atoms with Crippen LogP contribution >= 0.6 is 0 Å². The first kappa shape index (κ1) is 24.0. The molecule has 1 aliphatic rings. The number of esters is 3. The summed E-state index contributed by atoms with van der Waals surface area (Å²) in [5.74, 6) is -2.62. The van der Waals surface area contributed by atoms with Gasteiger partial charge in [0.05, 0.1) is 30.6 Å². The van der Waals surface area contributed by atoms with Crippen LogP contribution in [0.3, 0.4) is 0 Å². The Morgan fingerprint density at radius 3 is 2.13 bits per heavy atom. The molecule has 0 N–H and O–H groups in total. The largest absolute Gasteiger partial charge is 0.466 e. The van der Waals surface area contributed by atoms with Crippen molar-refractivity contribution in [1.82, 2.24) is 4.90 Å². The zero-order chi connectivity index (χ0) is 22.8. The van der Waals surface area contributed by atoms with Gasteiger partial charge in [0, 0.05) is 19.9 Å². The summed E-state index contributed by atoms with van der Waals surface area (Å²) in [6.45, 7) is 3.54. The zero-order valence-electron chi connectivity index (χ0n) is 17.8. The normalized spacial score (nSPS) is 13.5. The summed E-state index contributed by atoms with van der Waals surface area (Å²) in [7, 11) is 0. The van der Waals surface area contributed by atoms with Crippen molar-refractivity contribution in [1.29, 1.82) is 0 Å². The van der Waals surface area contributed by atoms with E-state index >= 15 is 0 Å². The van der Waals surface area contributed by atoms with Crippen LogP contribution in [-0.4, -0.2) is 54.1 Å². The lowest BCUT2D eigenvalue weighted by atomic mass is 10.1. The number of nitrogens with zero attached hydrogens (tertiary/aromatic N) is 1. The molecule has 0 aliphatic carbocycles. The number of carbonyl (C=O) groups excluding carboxylic acids is 5. The molecule has 1 unspecified atom stereocenters. The van der Waals surface area contributed by atoms with E-state index in [1.165, 1.54) is 6.92 Å². The van der Waals surface area contributed by atoms with Crippen LogP contribution in [0.5, 0.6) is 0 Å². The van der Waals surface area contributed by atoms with Gasteiger partial charge in [-0.25, -0.2) is 0 Å². The Morgan fingerprint density at radius 1 is 0.935 bits per heavy atom. The fraction of sp³-hybridized carbons (Fsp3) is 0.500. The van der Waals surface area contributed by atoms with Gasteiger partial charge in [-0.1, -0.05) is 25.5 Å². The van der Waals surface area contributed by atoms with Crippen LogP contribution in [0.1, 0.15) is 73.1 Å². The van der Waals surface area contributed by atoms with Crippen molar-refractivity contribution in [3.05, 3.63) is 35.4 Å². The third kappa shape index (κ3) is 7.20. The number of unbranched alkanes of at least 4 members (excludes halogenated alkanes) is 1. The standard InChI is InChI=1S/C22H27NO8/c1-3-4-14-29-18(25)11-12-19(26)31-20(30-15(2)24)10-7-13-23-21(27)16-8-5-6-9-17(16)22(23)28/h5-6,8-9,20H,3-4,7,10-14H2,1-2H3. The second-order valence-electron chi connectivity index (χ2n) is 7.05. The monoisotopic (exact) mass is 433 g/mol. The fourth-order valence-corrected chi connectivity index (χ4v) is 3.00. The summed E-state index contributed by atoms with van der Waals surface area (Å²) in [6, 6.07) is 6.55. The Kier molecular flexibility index (Phi) is 9.17. The van der Waals surface area contributed by atoms with E-state index in [-0.39, 0.29) is 44.0 Å². The van der Waals surface area contributed by atoms with Gasteiger partial charge in [0.15, 0.2) is 0 Å². The van der Waals surface area contributed by atoms with Gasteiger partial charge in [0.2, 0.25) is 6.29 Å². The Bertz CT molecular complexity index is 800. The number of imide groups is 1. The minimum atomic E-state index is -1.17. The Morgan fingerprint density at radius 2 is 1.55 bits per heavy atom. The molecule has 0 spiro atoms. The lowest BCUT2D eigenvalue weighted by molar-refractivity contribution is -0.188. The van der Waals surface area contributed by atoms with Crippen LogP contribution in [0, 0.1) is 0 Å². The number of fused-ring (bicyclic) bond motifs is 1. The van der Waals surface area contributed by atoms with Gasteiger partial charge in [-0.2, -0.15) is 0 Å². The van der Waals surface area contributed by atoms with Crippen molar-refractivity contribution < 1.29 is 38.2 Å². The average Bonchev–Trinajstić information content (AvgIpc) is 2.97. The molecule has 1 aliphatic heterocycles. The van der Waals surface area contributed by atoms with Crippen molar-refractivity contribution in [3.8, 4) is 0 Å². The Hall–Kier alpha value is -3.23. The molecule has 0 saturated heterocycles. The Balaban J connectivity index is 1.80. The first-order valence-corrected chi connectivity index (χ1v) is 10.3. The fourth-order valence-electron chi connectivity index (χ4n) is 3.00. The number of hydrogen-bond donors (Lipinski definition) is 0. The molecule has 9 nitrogen and oxygen atoms in total. The molecule has 9 heteroatoms. The van der Waals surface area contributed by atoms with Crippen molar-refractivity contribution in [2.24, 2.45) is 0 Å². The van der Waals surface area contributed by atoms with Crippen LogP contribution in [0.4, 0.5) is 0 Å². The van der Waals surface area contributed by atoms with Gasteiger partial charge >= 0.3 is 17.9 Å². The quantitative estimate of drug-likeness (QED) is 0.214. The highest BCUT2D eigenvalue weighted by Gasteiger charge is 2.34. The summed E-state index contributed by atoms with van der Waals surface area (Å²) >= 11 is 0. The minimum Gasteiger partial charge on any atom is -0.466 e. The van der Waals surface area contributed by atoms with Crippen molar-refractivity contribution >= 4 is 29.7 Å².